The summed E-state index contributed by atoms with van der Waals surface area (Å²) in [4.78, 5) is 0. The van der Waals surface area contributed by atoms with Gasteiger partial charge in [-0.1, -0.05) is 70.7 Å². The summed E-state index contributed by atoms with van der Waals surface area (Å²) in [6.07, 6.45) is 6.78. The van der Waals surface area contributed by atoms with Crippen molar-refractivity contribution >= 4 is 12.4 Å². The first kappa shape index (κ1) is 18.5. The molecule has 1 nitrogen and oxygen atoms in total. The maximum Gasteiger partial charge on any atom is 0.0205 e. The molecule has 1 N–H and O–H groups in total. The molecule has 0 spiro atoms. The molecule has 19 heavy (non-hydrogen) atoms. The molecule has 0 saturated carbocycles. The second-order valence-corrected chi connectivity index (χ2v) is 5.49. The molecule has 0 heterocycles. The van der Waals surface area contributed by atoms with E-state index in [1.165, 1.54) is 43.2 Å². The average Bonchev–Trinajstić information content (AvgIpc) is 2.38. The Hall–Kier alpha value is -0.530. The lowest BCUT2D eigenvalue weighted by molar-refractivity contribution is 0.583. The summed E-state index contributed by atoms with van der Waals surface area (Å²) in [7, 11) is 0. The number of hydrogen-bond acceptors (Lipinski definition) is 1. The van der Waals surface area contributed by atoms with Crippen LogP contribution in [0.15, 0.2) is 24.3 Å². The second-order valence-electron chi connectivity index (χ2n) is 5.49. The summed E-state index contributed by atoms with van der Waals surface area (Å²) in [5.74, 6) is 0.630. The molecular weight excluding hydrogens is 254 g/mol. The Balaban J connectivity index is 0.00000324. The lowest BCUT2D eigenvalue weighted by Gasteiger charge is -2.08. The van der Waals surface area contributed by atoms with Gasteiger partial charge in [-0.15, -0.1) is 12.4 Å². The van der Waals surface area contributed by atoms with E-state index in [2.05, 4.69) is 50.4 Å². The van der Waals surface area contributed by atoms with Gasteiger partial charge in [0, 0.05) is 6.54 Å². The molecule has 1 aromatic carbocycles. The minimum Gasteiger partial charge on any atom is -0.313 e. The fraction of sp³-hybridized carbons (Fsp3) is 0.647. The number of benzene rings is 1. The molecule has 0 aromatic heterocycles. The molecule has 0 radical (unpaired) electrons. The molecule has 0 unspecified atom stereocenters. The van der Waals surface area contributed by atoms with Crippen LogP contribution < -0.4 is 5.32 Å². The topological polar surface area (TPSA) is 12.0 Å². The van der Waals surface area contributed by atoms with Gasteiger partial charge in [-0.2, -0.15) is 0 Å². The Labute approximate surface area is 125 Å². The zero-order chi connectivity index (χ0) is 13.2. The summed E-state index contributed by atoms with van der Waals surface area (Å²) in [6, 6.07) is 9.00. The van der Waals surface area contributed by atoms with Crippen LogP contribution in [0.3, 0.4) is 0 Å². The highest BCUT2D eigenvalue weighted by Crippen LogP contribution is 2.14. The van der Waals surface area contributed by atoms with Gasteiger partial charge in [-0.3, -0.25) is 0 Å². The van der Waals surface area contributed by atoms with E-state index in [0.29, 0.717) is 5.92 Å². The van der Waals surface area contributed by atoms with Gasteiger partial charge in [0.2, 0.25) is 0 Å². The smallest absolute Gasteiger partial charge is 0.0205 e. The van der Waals surface area contributed by atoms with Crippen LogP contribution in [0, 0.1) is 0 Å². The van der Waals surface area contributed by atoms with Gasteiger partial charge in [0.25, 0.3) is 0 Å². The first-order valence-corrected chi connectivity index (χ1v) is 7.53. The van der Waals surface area contributed by atoms with E-state index in [0.717, 1.165) is 13.1 Å². The lowest BCUT2D eigenvalue weighted by Crippen LogP contribution is -2.14. The number of halogens is 1. The highest BCUT2D eigenvalue weighted by atomic mass is 35.5. The molecule has 2 heteroatoms. The van der Waals surface area contributed by atoms with Crippen molar-refractivity contribution in [2.24, 2.45) is 0 Å². The van der Waals surface area contributed by atoms with Gasteiger partial charge in [0.05, 0.1) is 0 Å². The van der Waals surface area contributed by atoms with Crippen LogP contribution in [-0.2, 0) is 6.54 Å². The van der Waals surface area contributed by atoms with E-state index in [9.17, 15) is 0 Å². The summed E-state index contributed by atoms with van der Waals surface area (Å²) in [5, 5.41) is 3.53. The van der Waals surface area contributed by atoms with Crippen LogP contribution in [0.4, 0.5) is 0 Å². The van der Waals surface area contributed by atoms with Crippen molar-refractivity contribution in [2.75, 3.05) is 6.54 Å². The number of hydrogen-bond donors (Lipinski definition) is 1. The standard InChI is InChI=1S/C17H29N.ClH/c1-4-5-6-7-8-13-18-14-16-9-11-17(12-10-16)15(2)3;/h9-12,15,18H,4-8,13-14H2,1-3H3;1H. The van der Waals surface area contributed by atoms with Crippen molar-refractivity contribution < 1.29 is 0 Å². The third-order valence-corrected chi connectivity index (χ3v) is 3.43. The zero-order valence-electron chi connectivity index (χ0n) is 12.7. The van der Waals surface area contributed by atoms with Crippen molar-refractivity contribution in [3.05, 3.63) is 35.4 Å². The molecule has 0 saturated heterocycles. The molecular formula is C17H30ClN. The van der Waals surface area contributed by atoms with Crippen molar-refractivity contribution in [3.63, 3.8) is 0 Å². The highest BCUT2D eigenvalue weighted by Gasteiger charge is 1.98. The number of unbranched alkanes of at least 4 members (excludes halogenated alkanes) is 4. The Morgan fingerprint density at radius 3 is 2.16 bits per heavy atom. The maximum absolute atomic E-state index is 3.53. The molecule has 0 aliphatic heterocycles. The minimum absolute atomic E-state index is 0. The molecule has 0 bridgehead atoms. The van der Waals surface area contributed by atoms with Crippen molar-refractivity contribution in [1.82, 2.24) is 5.32 Å². The molecule has 0 atom stereocenters. The normalized spacial score (nSPS) is 10.5. The van der Waals surface area contributed by atoms with E-state index in [-0.39, 0.29) is 12.4 Å². The van der Waals surface area contributed by atoms with Gasteiger partial charge in [-0.25, -0.2) is 0 Å². The number of rotatable bonds is 9. The Morgan fingerprint density at radius 1 is 0.947 bits per heavy atom. The predicted molar refractivity (Wildman–Crippen MR) is 88.2 cm³/mol. The van der Waals surface area contributed by atoms with E-state index >= 15 is 0 Å². The Kier molecular flexibility index (Phi) is 11.0. The third-order valence-electron chi connectivity index (χ3n) is 3.43. The van der Waals surface area contributed by atoms with Crippen molar-refractivity contribution in [1.29, 1.82) is 0 Å². The molecule has 0 aliphatic carbocycles. The van der Waals surface area contributed by atoms with Crippen LogP contribution in [0.2, 0.25) is 0 Å². The predicted octanol–water partition coefficient (Wildman–Crippen LogP) is 5.29. The SMILES string of the molecule is CCCCCCCNCc1ccc(C(C)C)cc1.Cl. The van der Waals surface area contributed by atoms with E-state index in [4.69, 9.17) is 0 Å². The van der Waals surface area contributed by atoms with E-state index < -0.39 is 0 Å². The molecule has 0 aliphatic rings. The van der Waals surface area contributed by atoms with Gasteiger partial charge >= 0.3 is 0 Å². The molecule has 1 rings (SSSR count). The summed E-state index contributed by atoms with van der Waals surface area (Å²) < 4.78 is 0. The summed E-state index contributed by atoms with van der Waals surface area (Å²) in [5.41, 5.74) is 2.83. The molecule has 1 aromatic rings. The average molecular weight is 284 g/mol. The fourth-order valence-corrected chi connectivity index (χ4v) is 2.11. The first-order chi connectivity index (χ1) is 8.74. The first-order valence-electron chi connectivity index (χ1n) is 7.53. The molecule has 0 fully saturated rings. The summed E-state index contributed by atoms with van der Waals surface area (Å²) >= 11 is 0. The van der Waals surface area contributed by atoms with E-state index in [1.807, 2.05) is 0 Å². The zero-order valence-corrected chi connectivity index (χ0v) is 13.6. The maximum atomic E-state index is 3.53. The second kappa shape index (κ2) is 11.3. The summed E-state index contributed by atoms with van der Waals surface area (Å²) in [6.45, 7) is 8.90. The van der Waals surface area contributed by atoms with Gasteiger partial charge < -0.3 is 5.32 Å². The Bertz CT molecular complexity index is 306. The van der Waals surface area contributed by atoms with Gasteiger partial charge in [0.15, 0.2) is 0 Å². The van der Waals surface area contributed by atoms with Crippen LogP contribution in [-0.4, -0.2) is 6.54 Å². The van der Waals surface area contributed by atoms with Crippen LogP contribution in [0.1, 0.15) is 69.9 Å². The quantitative estimate of drug-likeness (QED) is 0.607. The minimum atomic E-state index is 0. The fourth-order valence-electron chi connectivity index (χ4n) is 2.11. The number of nitrogens with one attached hydrogen (secondary N) is 1. The van der Waals surface area contributed by atoms with E-state index in [1.54, 1.807) is 0 Å². The third kappa shape index (κ3) is 8.28. The highest BCUT2D eigenvalue weighted by molar-refractivity contribution is 5.85. The van der Waals surface area contributed by atoms with Crippen molar-refractivity contribution in [2.45, 2.75) is 65.3 Å². The van der Waals surface area contributed by atoms with Crippen LogP contribution in [0.5, 0.6) is 0 Å². The van der Waals surface area contributed by atoms with Crippen molar-refractivity contribution in [3.8, 4) is 0 Å². The van der Waals surface area contributed by atoms with Gasteiger partial charge in [0.1, 0.15) is 0 Å². The van der Waals surface area contributed by atoms with Crippen LogP contribution >= 0.6 is 12.4 Å². The lowest BCUT2D eigenvalue weighted by atomic mass is 10.0. The largest absolute Gasteiger partial charge is 0.313 e. The molecule has 110 valence electrons. The van der Waals surface area contributed by atoms with Gasteiger partial charge in [-0.05, 0) is 30.0 Å². The Morgan fingerprint density at radius 2 is 1.58 bits per heavy atom. The van der Waals surface area contributed by atoms with Crippen LogP contribution in [0.25, 0.3) is 0 Å². The monoisotopic (exact) mass is 283 g/mol. The molecule has 0 amide bonds.